The summed E-state index contributed by atoms with van der Waals surface area (Å²) in [4.78, 5) is 23.9. The van der Waals surface area contributed by atoms with E-state index < -0.39 is 11.4 Å². The number of aryl methyl sites for hydroxylation is 3. The Kier molecular flexibility index (Phi) is 8.63. The first kappa shape index (κ1) is 26.4. The Morgan fingerprint density at radius 2 is 1.89 bits per heavy atom. The molecule has 0 radical (unpaired) electrons. The summed E-state index contributed by atoms with van der Waals surface area (Å²) in [5.74, 6) is 0.471. The van der Waals surface area contributed by atoms with Gasteiger partial charge in [-0.3, -0.25) is 4.79 Å². The molecule has 1 aromatic heterocycles. The van der Waals surface area contributed by atoms with Crippen LogP contribution in [0.25, 0.3) is 22.4 Å². The van der Waals surface area contributed by atoms with Crippen LogP contribution in [0.5, 0.6) is 11.5 Å². The lowest BCUT2D eigenvalue weighted by atomic mass is 9.91. The second-order valence-corrected chi connectivity index (χ2v) is 9.16. The number of aromatic nitrogens is 1. The molecule has 8 heteroatoms. The predicted octanol–water partition coefficient (Wildman–Crippen LogP) is 4.01. The number of carbonyl (C=O) groups is 1. The fraction of sp³-hybridized carbons (Fsp3) is 0.379. The SMILES string of the molecule is CNC.COCCCOc1cc2c(cc1-c1ccc3c(c1)OCCC3)-c1cc(=O)c(C(=O)O)cn1CC2. The molecular weight excluding hydrogens is 472 g/mol. The third-order valence-electron chi connectivity index (χ3n) is 6.44. The van der Waals surface area contributed by atoms with Gasteiger partial charge in [0.15, 0.2) is 5.43 Å². The number of methoxy groups -OCH3 is 1. The zero-order valence-electron chi connectivity index (χ0n) is 21.6. The van der Waals surface area contributed by atoms with Crippen LogP contribution < -0.4 is 20.2 Å². The van der Waals surface area contributed by atoms with Crippen molar-refractivity contribution in [3.8, 4) is 33.9 Å². The number of aromatic carboxylic acids is 1. The van der Waals surface area contributed by atoms with Crippen LogP contribution in [-0.2, 0) is 24.1 Å². The molecule has 0 saturated carbocycles. The number of benzene rings is 2. The van der Waals surface area contributed by atoms with Gasteiger partial charge in [-0.15, -0.1) is 0 Å². The fourth-order valence-electron chi connectivity index (χ4n) is 4.70. The maximum absolute atomic E-state index is 12.5. The van der Waals surface area contributed by atoms with Gasteiger partial charge in [-0.05, 0) is 68.2 Å². The molecule has 0 saturated heterocycles. The van der Waals surface area contributed by atoms with Gasteiger partial charge in [0.1, 0.15) is 17.1 Å². The number of pyridine rings is 1. The molecule has 5 rings (SSSR count). The lowest BCUT2D eigenvalue weighted by Gasteiger charge is -2.25. The molecule has 3 aromatic rings. The minimum absolute atomic E-state index is 0.211. The van der Waals surface area contributed by atoms with E-state index in [1.807, 2.05) is 18.7 Å². The molecule has 0 fully saturated rings. The molecule has 2 aliphatic heterocycles. The number of nitrogens with one attached hydrogen (secondary N) is 1. The number of carboxylic acid groups (broad SMARTS) is 1. The lowest BCUT2D eigenvalue weighted by Crippen LogP contribution is -2.22. The number of nitrogens with zero attached hydrogens (tertiary/aromatic N) is 1. The molecule has 0 unspecified atom stereocenters. The van der Waals surface area contributed by atoms with Gasteiger partial charge in [0.05, 0.1) is 18.9 Å². The van der Waals surface area contributed by atoms with E-state index in [-0.39, 0.29) is 5.56 Å². The van der Waals surface area contributed by atoms with Crippen LogP contribution in [0.3, 0.4) is 0 Å². The van der Waals surface area contributed by atoms with Crippen LogP contribution in [0.4, 0.5) is 0 Å². The first-order chi connectivity index (χ1) is 18.0. The van der Waals surface area contributed by atoms with Crippen molar-refractivity contribution in [1.29, 1.82) is 0 Å². The van der Waals surface area contributed by atoms with Crippen molar-refractivity contribution in [3.63, 3.8) is 0 Å². The topological polar surface area (TPSA) is 99.0 Å². The predicted molar refractivity (Wildman–Crippen MR) is 143 cm³/mol. The summed E-state index contributed by atoms with van der Waals surface area (Å²) < 4.78 is 19.1. The molecule has 2 aromatic carbocycles. The number of rotatable bonds is 7. The zero-order chi connectivity index (χ0) is 26.4. The molecule has 0 atom stereocenters. The fourth-order valence-corrected chi connectivity index (χ4v) is 4.70. The van der Waals surface area contributed by atoms with E-state index in [0.29, 0.717) is 32.8 Å². The minimum Gasteiger partial charge on any atom is -0.493 e. The molecule has 196 valence electrons. The van der Waals surface area contributed by atoms with E-state index >= 15 is 0 Å². The molecule has 37 heavy (non-hydrogen) atoms. The Labute approximate surface area is 216 Å². The van der Waals surface area contributed by atoms with Crippen LogP contribution in [-0.4, -0.2) is 56.7 Å². The van der Waals surface area contributed by atoms with Gasteiger partial charge >= 0.3 is 5.97 Å². The first-order valence-electron chi connectivity index (χ1n) is 12.6. The maximum atomic E-state index is 12.5. The standard InChI is InChI=1S/C27H27NO6.C2H7N/c1-32-9-3-11-34-26-13-19-7-8-28-16-22(27(30)31)24(29)15-23(28)20(19)14-21(26)18-6-5-17-4-2-10-33-25(17)12-18;1-3-2/h5-6,12-16H,2-4,7-11H2,1H3,(H,30,31);3H,1-2H3. The number of hydrogen-bond donors (Lipinski definition) is 2. The quantitative estimate of drug-likeness (QED) is 0.467. The van der Waals surface area contributed by atoms with Crippen LogP contribution in [0.2, 0.25) is 0 Å². The zero-order valence-corrected chi connectivity index (χ0v) is 21.6. The maximum Gasteiger partial charge on any atom is 0.341 e. The highest BCUT2D eigenvalue weighted by atomic mass is 16.5. The Balaban J connectivity index is 0.00000102. The van der Waals surface area contributed by atoms with E-state index in [1.165, 1.54) is 17.8 Å². The van der Waals surface area contributed by atoms with Gasteiger partial charge in [0.2, 0.25) is 0 Å². The van der Waals surface area contributed by atoms with Crippen molar-refractivity contribution in [2.75, 3.05) is 41.0 Å². The van der Waals surface area contributed by atoms with Crippen LogP contribution in [0, 0.1) is 0 Å². The van der Waals surface area contributed by atoms with Crippen molar-refractivity contribution in [3.05, 3.63) is 69.5 Å². The van der Waals surface area contributed by atoms with Gasteiger partial charge in [0, 0.05) is 50.1 Å². The molecule has 8 nitrogen and oxygen atoms in total. The highest BCUT2D eigenvalue weighted by molar-refractivity contribution is 5.88. The van der Waals surface area contributed by atoms with Gasteiger partial charge in [-0.2, -0.15) is 0 Å². The van der Waals surface area contributed by atoms with Crippen molar-refractivity contribution in [2.24, 2.45) is 0 Å². The van der Waals surface area contributed by atoms with E-state index in [0.717, 1.165) is 58.7 Å². The van der Waals surface area contributed by atoms with E-state index in [1.54, 1.807) is 7.11 Å². The van der Waals surface area contributed by atoms with Crippen molar-refractivity contribution in [2.45, 2.75) is 32.2 Å². The largest absolute Gasteiger partial charge is 0.493 e. The van der Waals surface area contributed by atoms with Crippen LogP contribution >= 0.6 is 0 Å². The third kappa shape index (κ3) is 5.87. The summed E-state index contributed by atoms with van der Waals surface area (Å²) in [6.45, 7) is 2.45. The Morgan fingerprint density at radius 1 is 1.08 bits per heavy atom. The molecule has 2 N–H and O–H groups in total. The Hall–Kier alpha value is -3.62. The second kappa shape index (κ2) is 12.1. The molecule has 0 spiro atoms. The summed E-state index contributed by atoms with van der Waals surface area (Å²) in [7, 11) is 5.42. The van der Waals surface area contributed by atoms with Crippen molar-refractivity contribution < 1.29 is 24.1 Å². The van der Waals surface area contributed by atoms with Crippen molar-refractivity contribution in [1.82, 2.24) is 9.88 Å². The number of hydrogen-bond acceptors (Lipinski definition) is 6. The van der Waals surface area contributed by atoms with Crippen molar-refractivity contribution >= 4 is 5.97 Å². The summed E-state index contributed by atoms with van der Waals surface area (Å²) in [5, 5.41) is 12.1. The monoisotopic (exact) mass is 506 g/mol. The molecular formula is C29H34N2O6. The smallest absolute Gasteiger partial charge is 0.341 e. The normalized spacial score (nSPS) is 13.3. The highest BCUT2D eigenvalue weighted by Crippen LogP contribution is 2.41. The summed E-state index contributed by atoms with van der Waals surface area (Å²) in [6.07, 6.45) is 4.96. The van der Waals surface area contributed by atoms with E-state index in [2.05, 4.69) is 35.6 Å². The number of fused-ring (bicyclic) bond motifs is 4. The first-order valence-corrected chi connectivity index (χ1v) is 12.6. The Morgan fingerprint density at radius 3 is 2.65 bits per heavy atom. The van der Waals surface area contributed by atoms with Gasteiger partial charge in [0.25, 0.3) is 0 Å². The third-order valence-corrected chi connectivity index (χ3v) is 6.44. The Bertz CT molecular complexity index is 1330. The van der Waals surface area contributed by atoms with Gasteiger partial charge in [-0.1, -0.05) is 12.1 Å². The highest BCUT2D eigenvalue weighted by Gasteiger charge is 2.23. The lowest BCUT2D eigenvalue weighted by molar-refractivity contribution is 0.0694. The number of ether oxygens (including phenoxy) is 3. The molecule has 0 bridgehead atoms. The molecule has 2 aliphatic rings. The molecule has 3 heterocycles. The van der Waals surface area contributed by atoms with Gasteiger partial charge < -0.3 is 29.2 Å². The van der Waals surface area contributed by atoms with Crippen LogP contribution in [0.1, 0.15) is 34.3 Å². The summed E-state index contributed by atoms with van der Waals surface area (Å²) in [6, 6.07) is 11.8. The second-order valence-electron chi connectivity index (χ2n) is 9.16. The summed E-state index contributed by atoms with van der Waals surface area (Å²) >= 11 is 0. The average molecular weight is 507 g/mol. The minimum atomic E-state index is -1.21. The summed E-state index contributed by atoms with van der Waals surface area (Å²) in [5.41, 5.74) is 5.10. The number of carboxylic acids is 1. The van der Waals surface area contributed by atoms with E-state index in [9.17, 15) is 14.7 Å². The van der Waals surface area contributed by atoms with Gasteiger partial charge in [-0.25, -0.2) is 4.79 Å². The van der Waals surface area contributed by atoms with E-state index in [4.69, 9.17) is 14.2 Å². The average Bonchev–Trinajstić information content (AvgIpc) is 2.90. The van der Waals surface area contributed by atoms with Crippen LogP contribution in [0.15, 0.2) is 47.4 Å². The molecule has 0 amide bonds. The molecule has 0 aliphatic carbocycles.